The van der Waals surface area contributed by atoms with E-state index in [4.69, 9.17) is 14.9 Å². The molecule has 1 aromatic rings. The van der Waals surface area contributed by atoms with Gasteiger partial charge in [-0.2, -0.15) is 0 Å². The van der Waals surface area contributed by atoms with Gasteiger partial charge in [0.2, 0.25) is 0 Å². The predicted octanol–water partition coefficient (Wildman–Crippen LogP) is 2.83. The number of carboxylic acids is 2. The minimum Gasteiger partial charge on any atom is -0.494 e. The Balaban J connectivity index is 0.000000441. The lowest BCUT2D eigenvalue weighted by atomic mass is 10.1. The van der Waals surface area contributed by atoms with Gasteiger partial charge in [0, 0.05) is 6.42 Å². The molecule has 0 amide bonds. The van der Waals surface area contributed by atoms with Crippen LogP contribution in [0.5, 0.6) is 5.75 Å². The molecule has 0 fully saturated rings. The van der Waals surface area contributed by atoms with E-state index < -0.39 is 11.9 Å². The molecule has 5 heteroatoms. The van der Waals surface area contributed by atoms with Crippen LogP contribution in [0, 0.1) is 5.92 Å². The van der Waals surface area contributed by atoms with Gasteiger partial charge in [-0.15, -0.1) is 0 Å². The largest absolute Gasteiger partial charge is 0.494 e. The van der Waals surface area contributed by atoms with Gasteiger partial charge in [-0.3, -0.25) is 9.59 Å². The van der Waals surface area contributed by atoms with Crippen molar-refractivity contribution in [2.75, 3.05) is 6.61 Å². The summed E-state index contributed by atoms with van der Waals surface area (Å²) in [6.07, 6.45) is 0.340. The van der Waals surface area contributed by atoms with Crippen LogP contribution < -0.4 is 4.74 Å². The average Bonchev–Trinajstić information content (AvgIpc) is 2.30. The van der Waals surface area contributed by atoms with Crippen LogP contribution in [0.25, 0.3) is 0 Å². The number of carbonyl (C=O) groups is 2. The summed E-state index contributed by atoms with van der Waals surface area (Å²) in [5.74, 6) is -0.478. The molecule has 20 heavy (non-hydrogen) atoms. The van der Waals surface area contributed by atoms with Crippen LogP contribution >= 0.6 is 0 Å². The highest BCUT2D eigenvalue weighted by molar-refractivity contribution is 5.70. The summed E-state index contributed by atoms with van der Waals surface area (Å²) in [5.41, 5.74) is 0.788. The molecule has 0 aliphatic heterocycles. The first-order chi connectivity index (χ1) is 9.35. The molecule has 112 valence electrons. The summed E-state index contributed by atoms with van der Waals surface area (Å²) >= 11 is 0. The van der Waals surface area contributed by atoms with Gasteiger partial charge < -0.3 is 14.9 Å². The molecule has 1 aromatic carbocycles. The highest BCUT2D eigenvalue weighted by Crippen LogP contribution is 2.12. The van der Waals surface area contributed by atoms with Crippen molar-refractivity contribution in [3.8, 4) is 5.75 Å². The van der Waals surface area contributed by atoms with Crippen LogP contribution in [0.2, 0.25) is 0 Å². The van der Waals surface area contributed by atoms with Crippen molar-refractivity contribution >= 4 is 11.9 Å². The monoisotopic (exact) mass is 282 g/mol. The minimum absolute atomic E-state index is 0.0619. The number of ether oxygens (including phenoxy) is 1. The summed E-state index contributed by atoms with van der Waals surface area (Å²) in [4.78, 5) is 20.2. The van der Waals surface area contributed by atoms with Gasteiger partial charge in [-0.05, 0) is 30.5 Å². The molecule has 0 bridgehead atoms. The molecule has 0 heterocycles. The third-order valence-electron chi connectivity index (χ3n) is 2.17. The Hall–Kier alpha value is -2.04. The number of hydrogen-bond donors (Lipinski definition) is 2. The highest BCUT2D eigenvalue weighted by Gasteiger charge is 2.00. The van der Waals surface area contributed by atoms with Crippen LogP contribution in [-0.4, -0.2) is 28.8 Å². The Morgan fingerprint density at radius 1 is 1.10 bits per heavy atom. The normalized spacial score (nSPS) is 9.60. The molecule has 0 saturated heterocycles. The fourth-order valence-electron chi connectivity index (χ4n) is 1.39. The summed E-state index contributed by atoms with van der Waals surface area (Å²) in [7, 11) is 0. The molecular formula is C15H22O5. The van der Waals surface area contributed by atoms with Crippen molar-refractivity contribution in [2.24, 2.45) is 5.92 Å². The van der Waals surface area contributed by atoms with E-state index in [2.05, 4.69) is 0 Å². The van der Waals surface area contributed by atoms with Gasteiger partial charge in [-0.25, -0.2) is 0 Å². The molecule has 0 saturated carbocycles. The van der Waals surface area contributed by atoms with Gasteiger partial charge in [0.15, 0.2) is 0 Å². The van der Waals surface area contributed by atoms with E-state index in [-0.39, 0.29) is 18.8 Å². The topological polar surface area (TPSA) is 83.8 Å². The van der Waals surface area contributed by atoms with Crippen LogP contribution in [0.3, 0.4) is 0 Å². The van der Waals surface area contributed by atoms with Gasteiger partial charge in [0.25, 0.3) is 0 Å². The quantitative estimate of drug-likeness (QED) is 0.838. The molecule has 2 N–H and O–H groups in total. The Labute approximate surface area is 119 Å². The molecular weight excluding hydrogens is 260 g/mol. The lowest BCUT2D eigenvalue weighted by molar-refractivity contribution is -0.138. The Morgan fingerprint density at radius 3 is 1.95 bits per heavy atom. The molecule has 0 radical (unpaired) electrons. The second kappa shape index (κ2) is 9.83. The van der Waals surface area contributed by atoms with Gasteiger partial charge in [0.1, 0.15) is 5.75 Å². The average molecular weight is 282 g/mol. The van der Waals surface area contributed by atoms with Crippen molar-refractivity contribution in [3.05, 3.63) is 29.8 Å². The van der Waals surface area contributed by atoms with Gasteiger partial charge in [-0.1, -0.05) is 26.0 Å². The second-order valence-corrected chi connectivity index (χ2v) is 4.64. The fourth-order valence-corrected chi connectivity index (χ4v) is 1.39. The lowest BCUT2D eigenvalue weighted by Crippen LogP contribution is -1.99. The molecule has 0 unspecified atom stereocenters. The number of benzene rings is 1. The Kier molecular flexibility index (Phi) is 8.83. The maximum Gasteiger partial charge on any atom is 0.307 e. The second-order valence-electron chi connectivity index (χ2n) is 4.64. The van der Waals surface area contributed by atoms with Crippen molar-refractivity contribution in [1.82, 2.24) is 0 Å². The molecule has 5 nitrogen and oxygen atoms in total. The summed E-state index contributed by atoms with van der Waals surface area (Å²) in [5, 5.41) is 16.6. The van der Waals surface area contributed by atoms with E-state index in [1.165, 1.54) is 0 Å². The third kappa shape index (κ3) is 9.94. The maximum absolute atomic E-state index is 10.3. The lowest BCUT2D eigenvalue weighted by Gasteiger charge is -2.02. The van der Waals surface area contributed by atoms with Crippen LogP contribution in [-0.2, 0) is 16.0 Å². The summed E-state index contributed by atoms with van der Waals surface area (Å²) in [6.45, 7) is 6.30. The van der Waals surface area contributed by atoms with E-state index in [0.29, 0.717) is 6.61 Å². The van der Waals surface area contributed by atoms with Crippen LogP contribution in [0.1, 0.15) is 32.8 Å². The molecule has 0 atom stereocenters. The number of carboxylic acid groups (broad SMARTS) is 2. The Bertz CT molecular complexity index is 409. The summed E-state index contributed by atoms with van der Waals surface area (Å²) in [6, 6.07) is 7.09. The molecule has 0 aliphatic carbocycles. The van der Waals surface area contributed by atoms with Gasteiger partial charge in [0.05, 0.1) is 13.0 Å². The van der Waals surface area contributed by atoms with Crippen molar-refractivity contribution < 1.29 is 24.5 Å². The maximum atomic E-state index is 10.3. The standard InChI is InChI=1S/C10H12O3.C5H10O2/c1-2-13-9-5-3-8(4-6-9)7-10(11)12;1-4(2)3-5(6)7/h3-6H,2,7H2,1H3,(H,11,12);4H,3H2,1-2H3,(H,6,7). The molecule has 1 rings (SSSR count). The van der Waals surface area contributed by atoms with Gasteiger partial charge >= 0.3 is 11.9 Å². The third-order valence-corrected chi connectivity index (χ3v) is 2.17. The predicted molar refractivity (Wildman–Crippen MR) is 76.0 cm³/mol. The molecule has 0 aliphatic rings. The molecule has 0 aromatic heterocycles. The number of aliphatic carboxylic acids is 2. The number of hydrogen-bond acceptors (Lipinski definition) is 3. The minimum atomic E-state index is -0.816. The van der Waals surface area contributed by atoms with Crippen LogP contribution in [0.15, 0.2) is 24.3 Å². The van der Waals surface area contributed by atoms with E-state index in [1.54, 1.807) is 24.3 Å². The van der Waals surface area contributed by atoms with E-state index >= 15 is 0 Å². The van der Waals surface area contributed by atoms with Crippen molar-refractivity contribution in [1.29, 1.82) is 0 Å². The molecule has 0 spiro atoms. The van der Waals surface area contributed by atoms with Crippen molar-refractivity contribution in [3.63, 3.8) is 0 Å². The zero-order chi connectivity index (χ0) is 15.5. The first kappa shape index (κ1) is 18.0. The first-order valence-electron chi connectivity index (χ1n) is 6.50. The zero-order valence-corrected chi connectivity index (χ0v) is 12.1. The fraction of sp³-hybridized carbons (Fsp3) is 0.467. The van der Waals surface area contributed by atoms with E-state index in [9.17, 15) is 9.59 Å². The smallest absolute Gasteiger partial charge is 0.307 e. The van der Waals surface area contributed by atoms with Crippen LogP contribution in [0.4, 0.5) is 0 Å². The van der Waals surface area contributed by atoms with E-state index in [1.807, 2.05) is 20.8 Å². The number of rotatable bonds is 6. The van der Waals surface area contributed by atoms with E-state index in [0.717, 1.165) is 11.3 Å². The highest BCUT2D eigenvalue weighted by atomic mass is 16.5. The summed E-state index contributed by atoms with van der Waals surface area (Å²) < 4.78 is 5.22. The Morgan fingerprint density at radius 2 is 1.65 bits per heavy atom. The van der Waals surface area contributed by atoms with Crippen molar-refractivity contribution in [2.45, 2.75) is 33.6 Å². The SMILES string of the molecule is CC(C)CC(=O)O.CCOc1ccc(CC(=O)O)cc1. The first-order valence-corrected chi connectivity index (χ1v) is 6.50. The zero-order valence-electron chi connectivity index (χ0n) is 12.1.